The van der Waals surface area contributed by atoms with Crippen LogP contribution in [0, 0.1) is 13.8 Å². The van der Waals surface area contributed by atoms with Gasteiger partial charge < -0.3 is 10.8 Å². The molecule has 9 nitrogen and oxygen atoms in total. The van der Waals surface area contributed by atoms with Crippen molar-refractivity contribution in [2.24, 2.45) is 0 Å². The van der Waals surface area contributed by atoms with Crippen LogP contribution in [0.2, 0.25) is 0 Å². The second-order valence-corrected chi connectivity index (χ2v) is 8.13. The zero-order valence-electron chi connectivity index (χ0n) is 18.8. The molecule has 0 bridgehead atoms. The van der Waals surface area contributed by atoms with Gasteiger partial charge in [0.15, 0.2) is 5.65 Å². The Balaban J connectivity index is 1.81. The molecule has 4 aromatic heterocycles. The molecule has 0 saturated carbocycles. The number of aliphatic hydroxyl groups excluding tert-OH is 1. The first-order valence-corrected chi connectivity index (χ1v) is 10.8. The molecule has 0 radical (unpaired) electrons. The van der Waals surface area contributed by atoms with Crippen LogP contribution in [0.5, 0.6) is 0 Å². The van der Waals surface area contributed by atoms with Gasteiger partial charge in [-0.25, -0.2) is 18.9 Å². The highest BCUT2D eigenvalue weighted by atomic mass is 16.3. The minimum Gasteiger partial charge on any atom is -0.390 e. The van der Waals surface area contributed by atoms with Gasteiger partial charge in [-0.05, 0) is 43.2 Å². The second-order valence-electron chi connectivity index (χ2n) is 8.13. The van der Waals surface area contributed by atoms with Crippen molar-refractivity contribution < 1.29 is 5.11 Å². The van der Waals surface area contributed by atoms with Crippen molar-refractivity contribution >= 4 is 11.6 Å². The van der Waals surface area contributed by atoms with Crippen LogP contribution in [0.1, 0.15) is 22.6 Å². The Morgan fingerprint density at radius 2 is 1.76 bits per heavy atom. The molecule has 0 spiro atoms. The number of nitrogen functional groups attached to an aromatic ring is 1. The van der Waals surface area contributed by atoms with Crippen LogP contribution in [-0.4, -0.2) is 34.2 Å². The highest BCUT2D eigenvalue weighted by molar-refractivity contribution is 5.90. The molecular weight excluding hydrogens is 430 g/mol. The maximum atomic E-state index is 13.3. The Bertz CT molecular complexity index is 1560. The van der Waals surface area contributed by atoms with Gasteiger partial charge in [0.25, 0.3) is 0 Å². The van der Waals surface area contributed by atoms with Crippen LogP contribution < -0.4 is 11.4 Å². The number of benzene rings is 1. The van der Waals surface area contributed by atoms with E-state index in [-0.39, 0.29) is 19.1 Å². The summed E-state index contributed by atoms with van der Waals surface area (Å²) in [7, 11) is 0. The molecule has 1 aromatic carbocycles. The molecule has 0 saturated heterocycles. The third kappa shape index (κ3) is 3.82. The van der Waals surface area contributed by atoms with Gasteiger partial charge in [0.2, 0.25) is 5.95 Å². The van der Waals surface area contributed by atoms with Crippen molar-refractivity contribution in [3.63, 3.8) is 0 Å². The van der Waals surface area contributed by atoms with Crippen LogP contribution in [0.4, 0.5) is 5.95 Å². The van der Waals surface area contributed by atoms with E-state index in [1.807, 2.05) is 62.4 Å². The number of nitrogens with zero attached hydrogens (tertiary/aromatic N) is 6. The first-order valence-electron chi connectivity index (χ1n) is 10.8. The molecule has 0 fully saturated rings. The Labute approximate surface area is 195 Å². The van der Waals surface area contributed by atoms with Gasteiger partial charge >= 0.3 is 5.69 Å². The van der Waals surface area contributed by atoms with Crippen LogP contribution in [0.15, 0.2) is 65.6 Å². The number of aromatic nitrogens is 6. The smallest absolute Gasteiger partial charge is 0.353 e. The highest BCUT2D eigenvalue weighted by Crippen LogP contribution is 2.34. The fourth-order valence-electron chi connectivity index (χ4n) is 3.98. The van der Waals surface area contributed by atoms with Gasteiger partial charge in [-0.3, -0.25) is 9.97 Å². The molecule has 9 heteroatoms. The Hall–Kier alpha value is -4.37. The number of hydrogen-bond acceptors (Lipinski definition) is 7. The van der Waals surface area contributed by atoms with Gasteiger partial charge in [0.05, 0.1) is 35.8 Å². The van der Waals surface area contributed by atoms with E-state index < -0.39 is 5.69 Å². The third-order valence-electron chi connectivity index (χ3n) is 5.54. The van der Waals surface area contributed by atoms with E-state index in [0.29, 0.717) is 28.3 Å². The first kappa shape index (κ1) is 21.5. The summed E-state index contributed by atoms with van der Waals surface area (Å²) in [4.78, 5) is 26.7. The number of pyridine rings is 2. The van der Waals surface area contributed by atoms with Crippen molar-refractivity contribution in [2.75, 3.05) is 5.73 Å². The molecule has 3 N–H and O–H groups in total. The molecule has 0 aliphatic heterocycles. The number of rotatable bonds is 5. The summed E-state index contributed by atoms with van der Waals surface area (Å²) in [6.45, 7) is 3.78. The number of nitrogens with two attached hydrogens (primary N) is 1. The standard InChI is InChI=1S/C25H23N7O2/c1-15-8-9-19(27-12-15)13-31-25(34)32-23(30-31)21(18-10-16(2)28-20(11-18)14-33)22(29-24(32)26)17-6-4-3-5-7-17/h3-12,33H,13-14H2,1-2H3,(H2,26,29). The first-order chi connectivity index (χ1) is 16.4. The predicted molar refractivity (Wildman–Crippen MR) is 129 cm³/mol. The van der Waals surface area contributed by atoms with E-state index in [1.165, 1.54) is 9.08 Å². The van der Waals surface area contributed by atoms with E-state index in [4.69, 9.17) is 5.73 Å². The van der Waals surface area contributed by atoms with Crippen LogP contribution in [-0.2, 0) is 13.2 Å². The fourth-order valence-corrected chi connectivity index (χ4v) is 3.98. The Morgan fingerprint density at radius 1 is 0.971 bits per heavy atom. The van der Waals surface area contributed by atoms with E-state index >= 15 is 0 Å². The molecule has 0 unspecified atom stereocenters. The lowest BCUT2D eigenvalue weighted by Crippen LogP contribution is -2.24. The lowest BCUT2D eigenvalue weighted by atomic mass is 9.99. The number of anilines is 1. The largest absolute Gasteiger partial charge is 0.390 e. The van der Waals surface area contributed by atoms with Crippen molar-refractivity contribution in [1.29, 1.82) is 0 Å². The summed E-state index contributed by atoms with van der Waals surface area (Å²) in [6, 6.07) is 17.0. The SMILES string of the molecule is Cc1ccc(Cn2nc3c(-c4cc(C)nc(CO)c4)c(-c4ccccc4)nc(N)n3c2=O)nc1. The molecule has 5 aromatic rings. The fraction of sp³-hybridized carbons (Fsp3) is 0.160. The molecule has 34 heavy (non-hydrogen) atoms. The summed E-state index contributed by atoms with van der Waals surface area (Å²) in [5.41, 5.74) is 12.0. The molecule has 0 aliphatic rings. The summed E-state index contributed by atoms with van der Waals surface area (Å²) in [6.07, 6.45) is 1.75. The third-order valence-corrected chi connectivity index (χ3v) is 5.54. The Kier molecular flexibility index (Phi) is 5.39. The summed E-state index contributed by atoms with van der Waals surface area (Å²) in [5.74, 6) is 0.0406. The molecule has 5 rings (SSSR count). The number of aryl methyl sites for hydroxylation is 2. The van der Waals surface area contributed by atoms with Gasteiger partial charge in [-0.1, -0.05) is 36.4 Å². The number of fused-ring (bicyclic) bond motifs is 1. The average molecular weight is 454 g/mol. The van der Waals surface area contributed by atoms with E-state index in [2.05, 4.69) is 20.1 Å². The second kappa shape index (κ2) is 8.53. The maximum absolute atomic E-state index is 13.3. The minimum absolute atomic E-state index is 0.0406. The van der Waals surface area contributed by atoms with E-state index in [9.17, 15) is 9.90 Å². The van der Waals surface area contributed by atoms with Gasteiger partial charge in [-0.2, -0.15) is 0 Å². The molecule has 4 heterocycles. The summed E-state index contributed by atoms with van der Waals surface area (Å²) in [5, 5.41) is 14.4. The zero-order chi connectivity index (χ0) is 23.8. The molecule has 0 amide bonds. The van der Waals surface area contributed by atoms with E-state index in [0.717, 1.165) is 22.4 Å². The van der Waals surface area contributed by atoms with Crippen molar-refractivity contribution in [1.82, 2.24) is 29.1 Å². The van der Waals surface area contributed by atoms with Crippen molar-refractivity contribution in [3.05, 3.63) is 93.9 Å². The topological polar surface area (TPSA) is 124 Å². The van der Waals surface area contributed by atoms with Crippen LogP contribution >= 0.6 is 0 Å². The van der Waals surface area contributed by atoms with Gasteiger partial charge in [0, 0.05) is 17.5 Å². The average Bonchev–Trinajstić information content (AvgIpc) is 3.16. The number of hydrogen-bond donors (Lipinski definition) is 2. The molecule has 0 atom stereocenters. The van der Waals surface area contributed by atoms with Gasteiger partial charge in [0.1, 0.15) is 0 Å². The normalized spacial score (nSPS) is 11.3. The molecule has 0 aliphatic carbocycles. The van der Waals surface area contributed by atoms with Crippen LogP contribution in [0.25, 0.3) is 28.0 Å². The summed E-state index contributed by atoms with van der Waals surface area (Å²) < 4.78 is 2.65. The van der Waals surface area contributed by atoms with Gasteiger partial charge in [-0.15, -0.1) is 5.10 Å². The predicted octanol–water partition coefficient (Wildman–Crippen LogP) is 2.75. The zero-order valence-corrected chi connectivity index (χ0v) is 18.8. The quantitative estimate of drug-likeness (QED) is 0.419. The van der Waals surface area contributed by atoms with E-state index in [1.54, 1.807) is 12.3 Å². The highest BCUT2D eigenvalue weighted by Gasteiger charge is 2.22. The van der Waals surface area contributed by atoms with Crippen molar-refractivity contribution in [3.8, 4) is 22.4 Å². The molecule has 170 valence electrons. The van der Waals surface area contributed by atoms with Crippen LogP contribution in [0.3, 0.4) is 0 Å². The summed E-state index contributed by atoms with van der Waals surface area (Å²) >= 11 is 0. The number of aliphatic hydroxyl groups is 1. The maximum Gasteiger partial charge on any atom is 0.353 e. The lowest BCUT2D eigenvalue weighted by molar-refractivity contribution is 0.276. The minimum atomic E-state index is -0.406. The Morgan fingerprint density at radius 3 is 2.47 bits per heavy atom. The monoisotopic (exact) mass is 453 g/mol. The van der Waals surface area contributed by atoms with Crippen molar-refractivity contribution in [2.45, 2.75) is 27.0 Å². The lowest BCUT2D eigenvalue weighted by Gasteiger charge is -2.13. The molecular formula is C25H23N7O2.